The molecule has 4 aromatic rings. The molecule has 40 heavy (non-hydrogen) atoms. The molecule has 210 valence electrons. The predicted octanol–water partition coefficient (Wildman–Crippen LogP) is 6.50. The van der Waals surface area contributed by atoms with Crippen molar-refractivity contribution in [2.24, 2.45) is 0 Å². The summed E-state index contributed by atoms with van der Waals surface area (Å²) in [6.45, 7) is 4.56. The fraction of sp³-hybridized carbons (Fsp3) is 0.321. The molecule has 0 bridgehead atoms. The molecular formula is C28H28F3N5O3S. The molecule has 2 aromatic carbocycles. The van der Waals surface area contributed by atoms with Crippen molar-refractivity contribution in [3.8, 4) is 10.4 Å². The topological polar surface area (TPSA) is 90.8 Å². The molecule has 2 aromatic heterocycles. The van der Waals surface area contributed by atoms with E-state index in [9.17, 15) is 23.1 Å². The standard InChI is InChI=1S/C28H28F3N5O3S/c1-17(23-9-10-24(40-23)20-6-4-3-5-18(20)16-35(2)27(37)38)32-26-22-15-19(36-11-13-39-14-12-36)7-8-21(22)25(33-34-26)28(29,30)31/h3-10,15,17H,11-14,16H2,1-2H3,(H,32,34)(H,37,38)/t17-/m1/s1. The summed E-state index contributed by atoms with van der Waals surface area (Å²) in [5.74, 6) is 0.268. The largest absolute Gasteiger partial charge is 0.465 e. The summed E-state index contributed by atoms with van der Waals surface area (Å²) in [6, 6.07) is 16.1. The molecule has 5 rings (SSSR count). The number of rotatable bonds is 7. The van der Waals surface area contributed by atoms with E-state index < -0.39 is 18.0 Å². The molecule has 1 aliphatic heterocycles. The molecule has 1 saturated heterocycles. The van der Waals surface area contributed by atoms with Crippen molar-refractivity contribution < 1.29 is 27.8 Å². The van der Waals surface area contributed by atoms with Gasteiger partial charge in [0, 0.05) is 52.9 Å². The highest BCUT2D eigenvalue weighted by atomic mass is 32.1. The van der Waals surface area contributed by atoms with E-state index in [0.717, 1.165) is 26.6 Å². The smallest absolute Gasteiger partial charge is 0.435 e. The lowest BCUT2D eigenvalue weighted by atomic mass is 10.1. The minimum absolute atomic E-state index is 0.0162. The van der Waals surface area contributed by atoms with Crippen LogP contribution in [0.3, 0.4) is 0 Å². The van der Waals surface area contributed by atoms with Crippen molar-refractivity contribution in [3.63, 3.8) is 0 Å². The number of benzene rings is 2. The van der Waals surface area contributed by atoms with E-state index in [2.05, 4.69) is 20.4 Å². The number of amides is 1. The summed E-state index contributed by atoms with van der Waals surface area (Å²) in [5.41, 5.74) is 1.58. The molecule has 1 fully saturated rings. The first kappa shape index (κ1) is 27.7. The number of morpholine rings is 1. The zero-order chi connectivity index (χ0) is 28.4. The van der Waals surface area contributed by atoms with E-state index in [1.165, 1.54) is 29.4 Å². The summed E-state index contributed by atoms with van der Waals surface area (Å²) in [5, 5.41) is 20.4. The van der Waals surface area contributed by atoms with Gasteiger partial charge in [-0.2, -0.15) is 13.2 Å². The second kappa shape index (κ2) is 11.3. The Balaban J connectivity index is 1.45. The van der Waals surface area contributed by atoms with Crippen molar-refractivity contribution in [3.05, 3.63) is 70.7 Å². The van der Waals surface area contributed by atoms with Crippen LogP contribution in [0.5, 0.6) is 0 Å². The maximum Gasteiger partial charge on any atom is 0.435 e. The maximum absolute atomic E-state index is 13.8. The molecular weight excluding hydrogens is 543 g/mol. The van der Waals surface area contributed by atoms with E-state index in [4.69, 9.17) is 4.74 Å². The van der Waals surface area contributed by atoms with Crippen LogP contribution in [0, 0.1) is 0 Å². The zero-order valence-corrected chi connectivity index (χ0v) is 22.7. The summed E-state index contributed by atoms with van der Waals surface area (Å²) < 4.78 is 46.7. The number of ether oxygens (including phenoxy) is 1. The van der Waals surface area contributed by atoms with Gasteiger partial charge in [0.1, 0.15) is 0 Å². The van der Waals surface area contributed by atoms with Crippen LogP contribution in [0.15, 0.2) is 54.6 Å². The van der Waals surface area contributed by atoms with Crippen LogP contribution in [-0.4, -0.2) is 59.6 Å². The van der Waals surface area contributed by atoms with Crippen molar-refractivity contribution in [1.29, 1.82) is 0 Å². The van der Waals surface area contributed by atoms with Crippen LogP contribution in [0.4, 0.5) is 29.5 Å². The Hall–Kier alpha value is -3.90. The van der Waals surface area contributed by atoms with Crippen LogP contribution in [0.25, 0.3) is 21.2 Å². The third kappa shape index (κ3) is 5.82. The first-order valence-electron chi connectivity index (χ1n) is 12.7. The van der Waals surface area contributed by atoms with Gasteiger partial charge in [-0.05, 0) is 48.4 Å². The summed E-state index contributed by atoms with van der Waals surface area (Å²) in [4.78, 5) is 16.5. The fourth-order valence-electron chi connectivity index (χ4n) is 4.70. The average Bonchev–Trinajstić information content (AvgIpc) is 3.43. The number of hydrogen-bond donors (Lipinski definition) is 2. The third-order valence-electron chi connectivity index (χ3n) is 6.83. The Kier molecular flexibility index (Phi) is 7.81. The fourth-order valence-corrected chi connectivity index (χ4v) is 5.78. The Morgan fingerprint density at radius 2 is 1.88 bits per heavy atom. The van der Waals surface area contributed by atoms with Gasteiger partial charge in [-0.3, -0.25) is 0 Å². The Bertz CT molecular complexity index is 1520. The lowest BCUT2D eigenvalue weighted by molar-refractivity contribution is -0.140. The second-order valence-electron chi connectivity index (χ2n) is 9.59. The monoisotopic (exact) mass is 571 g/mol. The zero-order valence-electron chi connectivity index (χ0n) is 21.9. The first-order chi connectivity index (χ1) is 19.1. The number of halogens is 3. The number of alkyl halides is 3. The number of aromatic nitrogens is 2. The molecule has 3 heterocycles. The predicted molar refractivity (Wildman–Crippen MR) is 149 cm³/mol. The Morgan fingerprint density at radius 3 is 2.60 bits per heavy atom. The number of anilines is 2. The normalized spacial score (nSPS) is 14.8. The number of fused-ring (bicyclic) bond motifs is 1. The van der Waals surface area contributed by atoms with Gasteiger partial charge in [-0.25, -0.2) is 4.79 Å². The molecule has 12 heteroatoms. The minimum atomic E-state index is -4.64. The molecule has 0 spiro atoms. The van der Waals surface area contributed by atoms with Gasteiger partial charge in [0.15, 0.2) is 11.5 Å². The van der Waals surface area contributed by atoms with Gasteiger partial charge in [0.2, 0.25) is 0 Å². The van der Waals surface area contributed by atoms with Crippen molar-refractivity contribution in [2.45, 2.75) is 25.7 Å². The Morgan fingerprint density at radius 1 is 1.12 bits per heavy atom. The number of carbonyl (C=O) groups is 1. The van der Waals surface area contributed by atoms with Crippen molar-refractivity contribution in [2.75, 3.05) is 43.6 Å². The SMILES string of the molecule is C[C@@H](Nc1nnc(C(F)(F)F)c2ccc(N3CCOCC3)cc12)c1ccc(-c2ccccc2CN(C)C(=O)O)s1. The molecule has 1 amide bonds. The van der Waals surface area contributed by atoms with E-state index in [0.29, 0.717) is 31.7 Å². The van der Waals surface area contributed by atoms with Gasteiger partial charge in [-0.15, -0.1) is 21.5 Å². The van der Waals surface area contributed by atoms with Gasteiger partial charge < -0.3 is 25.0 Å². The Labute approximate surface area is 233 Å². The second-order valence-corrected chi connectivity index (χ2v) is 10.7. The van der Waals surface area contributed by atoms with Crippen LogP contribution >= 0.6 is 11.3 Å². The van der Waals surface area contributed by atoms with E-state index in [1.807, 2.05) is 43.3 Å². The molecule has 0 aliphatic carbocycles. The van der Waals surface area contributed by atoms with Gasteiger partial charge in [-0.1, -0.05) is 24.3 Å². The molecule has 0 saturated carbocycles. The van der Waals surface area contributed by atoms with Crippen LogP contribution in [0.2, 0.25) is 0 Å². The first-order valence-corrected chi connectivity index (χ1v) is 13.5. The molecule has 1 aliphatic rings. The third-order valence-corrected chi connectivity index (χ3v) is 8.13. The quantitative estimate of drug-likeness (QED) is 0.262. The van der Waals surface area contributed by atoms with Crippen LogP contribution < -0.4 is 10.2 Å². The van der Waals surface area contributed by atoms with Crippen LogP contribution in [-0.2, 0) is 17.5 Å². The maximum atomic E-state index is 13.8. The van der Waals surface area contributed by atoms with E-state index in [-0.39, 0.29) is 23.8 Å². The number of nitrogens with one attached hydrogen (secondary N) is 1. The summed E-state index contributed by atoms with van der Waals surface area (Å²) in [6.07, 6.45) is -5.65. The molecule has 1 atom stereocenters. The number of hydrogen-bond acceptors (Lipinski definition) is 7. The molecule has 0 radical (unpaired) electrons. The highest BCUT2D eigenvalue weighted by Gasteiger charge is 2.36. The van der Waals surface area contributed by atoms with Gasteiger partial charge in [0.05, 0.1) is 19.3 Å². The minimum Gasteiger partial charge on any atom is -0.465 e. The lowest BCUT2D eigenvalue weighted by Gasteiger charge is -2.29. The van der Waals surface area contributed by atoms with Gasteiger partial charge in [0.25, 0.3) is 0 Å². The number of thiophene rings is 1. The lowest BCUT2D eigenvalue weighted by Crippen LogP contribution is -2.36. The average molecular weight is 572 g/mol. The number of carboxylic acid groups (broad SMARTS) is 1. The van der Waals surface area contributed by atoms with Crippen LogP contribution in [0.1, 0.15) is 29.1 Å². The molecule has 8 nitrogen and oxygen atoms in total. The van der Waals surface area contributed by atoms with E-state index in [1.54, 1.807) is 12.1 Å². The van der Waals surface area contributed by atoms with Gasteiger partial charge >= 0.3 is 12.3 Å². The van der Waals surface area contributed by atoms with Crippen molar-refractivity contribution >= 4 is 39.7 Å². The molecule has 0 unspecified atom stereocenters. The highest BCUT2D eigenvalue weighted by Crippen LogP contribution is 2.39. The summed E-state index contributed by atoms with van der Waals surface area (Å²) in [7, 11) is 1.52. The molecule has 2 N–H and O–H groups in total. The summed E-state index contributed by atoms with van der Waals surface area (Å²) >= 11 is 1.52. The highest BCUT2D eigenvalue weighted by molar-refractivity contribution is 7.15. The number of nitrogens with zero attached hydrogens (tertiary/aromatic N) is 4. The van der Waals surface area contributed by atoms with Crippen molar-refractivity contribution in [1.82, 2.24) is 15.1 Å². The van der Waals surface area contributed by atoms with E-state index >= 15 is 0 Å².